The number of hydrogen-bond acceptors (Lipinski definition) is 2. The molecule has 0 amide bonds. The summed E-state index contributed by atoms with van der Waals surface area (Å²) in [5.74, 6) is 2.49. The number of rotatable bonds is 0. The fourth-order valence-electron chi connectivity index (χ4n) is 0.628. The zero-order chi connectivity index (χ0) is 8.69. The van der Waals surface area contributed by atoms with Gasteiger partial charge in [-0.25, -0.2) is 5.26 Å². The minimum Gasteiger partial charge on any atom is -0.399 e. The van der Waals surface area contributed by atoms with Crippen molar-refractivity contribution in [2.75, 3.05) is 5.73 Å². The SMILES string of the molecule is C#Cc1cccc(N)c1.C#N. The smallest absolute Gasteiger partial charge is 0.0462 e. The third kappa shape index (κ3) is 2.93. The third-order valence-corrected chi connectivity index (χ3v) is 1.05. The van der Waals surface area contributed by atoms with Crippen LogP contribution in [-0.2, 0) is 0 Å². The van der Waals surface area contributed by atoms with Crippen LogP contribution in [0.4, 0.5) is 5.69 Å². The molecule has 2 N–H and O–H groups in total. The van der Waals surface area contributed by atoms with Gasteiger partial charge in [0.25, 0.3) is 0 Å². The molecular formula is C9H8N2. The minimum atomic E-state index is 0.713. The molecule has 0 heterocycles. The maximum atomic E-state index is 6.50. The minimum absolute atomic E-state index is 0.713. The highest BCUT2D eigenvalue weighted by molar-refractivity contribution is 5.46. The normalized spacial score (nSPS) is 7.00. The Kier molecular flexibility index (Phi) is 4.04. The van der Waals surface area contributed by atoms with Crippen molar-refractivity contribution in [3.05, 3.63) is 29.8 Å². The summed E-state index contributed by atoms with van der Waals surface area (Å²) in [5.41, 5.74) is 6.98. The van der Waals surface area contributed by atoms with Gasteiger partial charge >= 0.3 is 0 Å². The predicted octanol–water partition coefficient (Wildman–Crippen LogP) is 1.39. The molecule has 1 aromatic carbocycles. The molecule has 0 fully saturated rings. The van der Waals surface area contributed by atoms with E-state index in [1.165, 1.54) is 0 Å². The van der Waals surface area contributed by atoms with Crippen LogP contribution in [0.3, 0.4) is 0 Å². The summed E-state index contributed by atoms with van der Waals surface area (Å²) in [6, 6.07) is 7.25. The number of hydrogen-bond donors (Lipinski definition) is 1. The van der Waals surface area contributed by atoms with Gasteiger partial charge in [-0.15, -0.1) is 6.42 Å². The summed E-state index contributed by atoms with van der Waals surface area (Å²) in [7, 11) is 0. The highest BCUT2D eigenvalue weighted by Crippen LogP contribution is 2.03. The molecular weight excluding hydrogens is 136 g/mol. The lowest BCUT2D eigenvalue weighted by Gasteiger charge is -1.90. The van der Waals surface area contributed by atoms with E-state index in [9.17, 15) is 0 Å². The second-order valence-corrected chi connectivity index (χ2v) is 1.77. The highest BCUT2D eigenvalue weighted by atomic mass is 14.5. The van der Waals surface area contributed by atoms with Crippen LogP contribution in [-0.4, -0.2) is 0 Å². The Labute approximate surface area is 66.3 Å². The van der Waals surface area contributed by atoms with Gasteiger partial charge in [-0.2, -0.15) is 0 Å². The molecule has 0 saturated heterocycles. The maximum Gasteiger partial charge on any atom is 0.0462 e. The number of nitrogens with two attached hydrogens (primary N) is 1. The first-order valence-electron chi connectivity index (χ1n) is 2.91. The number of nitriles is 1. The van der Waals surface area contributed by atoms with Gasteiger partial charge in [-0.05, 0) is 18.2 Å². The van der Waals surface area contributed by atoms with Gasteiger partial charge < -0.3 is 5.73 Å². The van der Waals surface area contributed by atoms with E-state index in [-0.39, 0.29) is 0 Å². The van der Waals surface area contributed by atoms with Crippen molar-refractivity contribution in [1.29, 1.82) is 5.26 Å². The molecule has 1 aromatic rings. The van der Waals surface area contributed by atoms with E-state index in [1.807, 2.05) is 12.1 Å². The number of anilines is 1. The summed E-state index contributed by atoms with van der Waals surface area (Å²) < 4.78 is 0. The van der Waals surface area contributed by atoms with Gasteiger partial charge in [0.2, 0.25) is 0 Å². The number of nitrogen functional groups attached to an aromatic ring is 1. The summed E-state index contributed by atoms with van der Waals surface area (Å²) in [4.78, 5) is 0. The van der Waals surface area contributed by atoms with Crippen molar-refractivity contribution >= 4 is 5.69 Å². The Balaban J connectivity index is 0.000000461. The molecule has 0 atom stereocenters. The first kappa shape index (κ1) is 9.07. The molecule has 0 saturated carbocycles. The molecule has 11 heavy (non-hydrogen) atoms. The van der Waals surface area contributed by atoms with Crippen LogP contribution in [0.5, 0.6) is 0 Å². The van der Waals surface area contributed by atoms with Crippen molar-refractivity contribution in [2.24, 2.45) is 0 Å². The van der Waals surface area contributed by atoms with E-state index in [1.54, 1.807) is 12.1 Å². The van der Waals surface area contributed by atoms with E-state index in [2.05, 4.69) is 12.5 Å². The lowest BCUT2D eigenvalue weighted by atomic mass is 10.2. The van der Waals surface area contributed by atoms with E-state index in [0.29, 0.717) is 5.69 Å². The number of benzene rings is 1. The van der Waals surface area contributed by atoms with Crippen LogP contribution in [0.25, 0.3) is 0 Å². The quantitative estimate of drug-likeness (QED) is 0.442. The van der Waals surface area contributed by atoms with Crippen LogP contribution in [0.2, 0.25) is 0 Å². The zero-order valence-electron chi connectivity index (χ0n) is 5.99. The Morgan fingerprint density at radius 1 is 1.36 bits per heavy atom. The summed E-state index contributed by atoms with van der Waals surface area (Å²) >= 11 is 0. The molecule has 0 aromatic heterocycles. The Morgan fingerprint density at radius 3 is 2.36 bits per heavy atom. The second kappa shape index (κ2) is 4.90. The zero-order valence-corrected chi connectivity index (χ0v) is 5.99. The van der Waals surface area contributed by atoms with E-state index >= 15 is 0 Å². The second-order valence-electron chi connectivity index (χ2n) is 1.77. The van der Waals surface area contributed by atoms with E-state index < -0.39 is 0 Å². The lowest BCUT2D eigenvalue weighted by Crippen LogP contribution is -1.83. The summed E-state index contributed by atoms with van der Waals surface area (Å²) in [5, 5.41) is 6.50. The average Bonchev–Trinajstić information content (AvgIpc) is 2.08. The molecule has 0 aliphatic rings. The largest absolute Gasteiger partial charge is 0.399 e. The van der Waals surface area contributed by atoms with Gasteiger partial charge in [0, 0.05) is 17.8 Å². The molecule has 2 heteroatoms. The average molecular weight is 144 g/mol. The Bertz CT molecular complexity index is 281. The molecule has 2 nitrogen and oxygen atoms in total. The van der Waals surface area contributed by atoms with Gasteiger partial charge in [-0.3, -0.25) is 0 Å². The fourth-order valence-corrected chi connectivity index (χ4v) is 0.628. The van der Waals surface area contributed by atoms with Gasteiger partial charge in [0.1, 0.15) is 0 Å². The molecule has 0 aliphatic heterocycles. The lowest BCUT2D eigenvalue weighted by molar-refractivity contribution is 1.58. The van der Waals surface area contributed by atoms with Crippen LogP contribution >= 0.6 is 0 Å². The van der Waals surface area contributed by atoms with E-state index in [0.717, 1.165) is 5.56 Å². The number of nitrogens with zero attached hydrogens (tertiary/aromatic N) is 1. The standard InChI is InChI=1S/C8H7N.CHN/c1-2-7-4-3-5-8(9)6-7;1-2/h1,3-6H,9H2;1H. The van der Waals surface area contributed by atoms with Crippen molar-refractivity contribution in [3.8, 4) is 18.9 Å². The molecule has 0 radical (unpaired) electrons. The summed E-state index contributed by atoms with van der Waals surface area (Å²) in [6.07, 6.45) is 5.11. The topological polar surface area (TPSA) is 49.8 Å². The van der Waals surface area contributed by atoms with Crippen molar-refractivity contribution in [2.45, 2.75) is 0 Å². The molecule has 0 unspecified atom stereocenters. The predicted molar refractivity (Wildman–Crippen MR) is 45.5 cm³/mol. The van der Waals surface area contributed by atoms with Gasteiger partial charge in [0.05, 0.1) is 0 Å². The number of terminal acetylenes is 1. The van der Waals surface area contributed by atoms with Gasteiger partial charge in [-0.1, -0.05) is 12.0 Å². The Morgan fingerprint density at radius 2 is 2.00 bits per heavy atom. The van der Waals surface area contributed by atoms with E-state index in [4.69, 9.17) is 17.4 Å². The van der Waals surface area contributed by atoms with Crippen molar-refractivity contribution < 1.29 is 0 Å². The van der Waals surface area contributed by atoms with Crippen molar-refractivity contribution in [3.63, 3.8) is 0 Å². The first-order chi connectivity index (χ1) is 5.33. The summed E-state index contributed by atoms with van der Waals surface area (Å²) in [6.45, 7) is 3.50. The molecule has 1 rings (SSSR count). The molecule has 0 aliphatic carbocycles. The van der Waals surface area contributed by atoms with Crippen LogP contribution < -0.4 is 5.73 Å². The van der Waals surface area contributed by atoms with Gasteiger partial charge in [0.15, 0.2) is 0 Å². The first-order valence-corrected chi connectivity index (χ1v) is 2.91. The highest BCUT2D eigenvalue weighted by Gasteiger charge is 1.84. The van der Waals surface area contributed by atoms with Crippen LogP contribution in [0.1, 0.15) is 5.56 Å². The molecule has 0 spiro atoms. The van der Waals surface area contributed by atoms with Crippen LogP contribution in [0, 0.1) is 24.2 Å². The fraction of sp³-hybridized carbons (Fsp3) is 0. The third-order valence-electron chi connectivity index (χ3n) is 1.05. The van der Waals surface area contributed by atoms with Crippen molar-refractivity contribution in [1.82, 2.24) is 0 Å². The van der Waals surface area contributed by atoms with Crippen LogP contribution in [0.15, 0.2) is 24.3 Å². The molecule has 0 bridgehead atoms. The monoisotopic (exact) mass is 144 g/mol. The maximum absolute atomic E-state index is 6.50. The Hall–Kier alpha value is -1.93. The molecule has 54 valence electrons.